The van der Waals surface area contributed by atoms with E-state index in [-0.39, 0.29) is 36.8 Å². The number of hydrogen-bond acceptors (Lipinski definition) is 6. The quantitative estimate of drug-likeness (QED) is 0.374. The molecule has 196 valence electrons. The standard InChI is InChI=1S/C23H37F3N2O5S/c1-2-28(34(31,32)22-11-5-19(6-12-22)23(24,25)26)20-7-9-21(10-8-20)33-18-4-3-13-27(14-16-29)15-17-30/h5-6,11-12,20-21,29-30H,2-4,7-10,13-18H2,1H3. The van der Waals surface area contributed by atoms with Crippen molar-refractivity contribution in [3.8, 4) is 0 Å². The summed E-state index contributed by atoms with van der Waals surface area (Å²) in [5, 5.41) is 18.1. The van der Waals surface area contributed by atoms with Crippen molar-refractivity contribution in [1.29, 1.82) is 0 Å². The van der Waals surface area contributed by atoms with Gasteiger partial charge in [0, 0.05) is 32.3 Å². The highest BCUT2D eigenvalue weighted by molar-refractivity contribution is 7.89. The van der Waals surface area contributed by atoms with Crippen LogP contribution in [0.5, 0.6) is 0 Å². The van der Waals surface area contributed by atoms with Crippen molar-refractivity contribution in [3.63, 3.8) is 0 Å². The first-order chi connectivity index (χ1) is 16.1. The van der Waals surface area contributed by atoms with Crippen LogP contribution in [0.25, 0.3) is 0 Å². The van der Waals surface area contributed by atoms with Crippen molar-refractivity contribution in [1.82, 2.24) is 9.21 Å². The van der Waals surface area contributed by atoms with Crippen LogP contribution in [0.3, 0.4) is 0 Å². The minimum Gasteiger partial charge on any atom is -0.395 e. The second-order valence-corrected chi connectivity index (χ2v) is 10.4. The predicted molar refractivity (Wildman–Crippen MR) is 123 cm³/mol. The molecule has 0 saturated heterocycles. The van der Waals surface area contributed by atoms with Gasteiger partial charge in [0.2, 0.25) is 10.0 Å². The maximum Gasteiger partial charge on any atom is 0.416 e. The molecule has 0 bridgehead atoms. The van der Waals surface area contributed by atoms with Crippen molar-refractivity contribution in [3.05, 3.63) is 29.8 Å². The summed E-state index contributed by atoms with van der Waals surface area (Å²) in [6, 6.07) is 3.45. The maximum atomic E-state index is 13.1. The minimum absolute atomic E-state index is 0.0586. The van der Waals surface area contributed by atoms with Crippen LogP contribution in [0.15, 0.2) is 29.2 Å². The van der Waals surface area contributed by atoms with Crippen molar-refractivity contribution >= 4 is 10.0 Å². The highest BCUT2D eigenvalue weighted by Gasteiger charge is 2.35. The summed E-state index contributed by atoms with van der Waals surface area (Å²) < 4.78 is 71.9. The van der Waals surface area contributed by atoms with Gasteiger partial charge in [-0.05, 0) is 69.3 Å². The fourth-order valence-electron chi connectivity index (χ4n) is 4.38. The van der Waals surface area contributed by atoms with E-state index in [0.717, 1.165) is 56.5 Å². The normalized spacial score (nSPS) is 19.8. The van der Waals surface area contributed by atoms with Crippen LogP contribution >= 0.6 is 0 Å². The molecule has 1 aliphatic carbocycles. The lowest BCUT2D eigenvalue weighted by molar-refractivity contribution is -0.137. The van der Waals surface area contributed by atoms with E-state index >= 15 is 0 Å². The highest BCUT2D eigenvalue weighted by atomic mass is 32.2. The van der Waals surface area contributed by atoms with Crippen molar-refractivity contribution in [2.24, 2.45) is 0 Å². The summed E-state index contributed by atoms with van der Waals surface area (Å²) in [5.41, 5.74) is -0.873. The Morgan fingerprint density at radius 1 is 0.971 bits per heavy atom. The average Bonchev–Trinajstić information content (AvgIpc) is 2.80. The summed E-state index contributed by atoms with van der Waals surface area (Å²) in [4.78, 5) is 1.87. The van der Waals surface area contributed by atoms with Gasteiger partial charge in [-0.3, -0.25) is 4.90 Å². The number of hydrogen-bond donors (Lipinski definition) is 2. The van der Waals surface area contributed by atoms with Gasteiger partial charge >= 0.3 is 6.18 Å². The molecule has 7 nitrogen and oxygen atoms in total. The molecule has 0 amide bonds. The van der Waals surface area contributed by atoms with E-state index in [4.69, 9.17) is 14.9 Å². The second-order valence-electron chi connectivity index (χ2n) is 8.53. The first kappa shape index (κ1) is 29.0. The molecule has 2 rings (SSSR count). The third kappa shape index (κ3) is 8.46. The Balaban J connectivity index is 1.81. The van der Waals surface area contributed by atoms with Gasteiger partial charge in [0.05, 0.1) is 29.8 Å². The molecule has 1 fully saturated rings. The molecular weight excluding hydrogens is 473 g/mol. The largest absolute Gasteiger partial charge is 0.416 e. The summed E-state index contributed by atoms with van der Waals surface area (Å²) in [6.07, 6.45) is 0.0351. The van der Waals surface area contributed by atoms with Crippen molar-refractivity contribution in [2.45, 2.75) is 68.7 Å². The number of aliphatic hydroxyl groups excluding tert-OH is 2. The number of nitrogens with zero attached hydrogens (tertiary/aromatic N) is 2. The Kier molecular flexibility index (Phi) is 11.7. The second kappa shape index (κ2) is 13.7. The molecule has 34 heavy (non-hydrogen) atoms. The van der Waals surface area contributed by atoms with Gasteiger partial charge in [0.1, 0.15) is 0 Å². The van der Waals surface area contributed by atoms with E-state index in [1.54, 1.807) is 6.92 Å². The molecule has 0 aromatic heterocycles. The third-order valence-corrected chi connectivity index (χ3v) is 8.25. The summed E-state index contributed by atoms with van der Waals surface area (Å²) in [5.74, 6) is 0. The molecule has 11 heteroatoms. The van der Waals surface area contributed by atoms with E-state index in [0.29, 0.717) is 32.5 Å². The van der Waals surface area contributed by atoms with E-state index in [9.17, 15) is 21.6 Å². The third-order valence-electron chi connectivity index (χ3n) is 6.21. The van der Waals surface area contributed by atoms with E-state index in [1.807, 2.05) is 4.90 Å². The minimum atomic E-state index is -4.51. The van der Waals surface area contributed by atoms with Gasteiger partial charge in [0.15, 0.2) is 0 Å². The van der Waals surface area contributed by atoms with Gasteiger partial charge in [-0.1, -0.05) is 6.92 Å². The topological polar surface area (TPSA) is 90.3 Å². The monoisotopic (exact) mass is 510 g/mol. The molecule has 1 aromatic carbocycles. The van der Waals surface area contributed by atoms with Gasteiger partial charge in [-0.25, -0.2) is 8.42 Å². The molecule has 1 aliphatic rings. The lowest BCUT2D eigenvalue weighted by atomic mass is 9.93. The number of benzene rings is 1. The maximum absolute atomic E-state index is 13.1. The number of aliphatic hydroxyl groups is 2. The molecule has 0 atom stereocenters. The van der Waals surface area contributed by atoms with E-state index in [2.05, 4.69) is 0 Å². The lowest BCUT2D eigenvalue weighted by Gasteiger charge is -2.35. The molecule has 0 unspecified atom stereocenters. The van der Waals surface area contributed by atoms with Crippen LogP contribution in [0, 0.1) is 0 Å². The molecule has 1 aromatic rings. The van der Waals surface area contributed by atoms with Crippen LogP contribution in [-0.2, 0) is 20.9 Å². The first-order valence-corrected chi connectivity index (χ1v) is 13.3. The zero-order valence-corrected chi connectivity index (χ0v) is 20.5. The number of unbranched alkanes of at least 4 members (excludes halogenated alkanes) is 1. The van der Waals surface area contributed by atoms with Gasteiger partial charge in [-0.15, -0.1) is 0 Å². The fourth-order valence-corrected chi connectivity index (χ4v) is 6.08. The molecule has 2 N–H and O–H groups in total. The van der Waals surface area contributed by atoms with Crippen LogP contribution in [0.4, 0.5) is 13.2 Å². The molecule has 0 aliphatic heterocycles. The molecule has 0 heterocycles. The predicted octanol–water partition coefficient (Wildman–Crippen LogP) is 3.11. The Bertz CT molecular complexity index is 807. The number of halogens is 3. The van der Waals surface area contributed by atoms with Crippen LogP contribution in [-0.4, -0.2) is 86.0 Å². The van der Waals surface area contributed by atoms with E-state index < -0.39 is 21.8 Å². The number of ether oxygens (including phenoxy) is 1. The molecule has 0 radical (unpaired) electrons. The molecule has 0 spiro atoms. The summed E-state index contributed by atoms with van der Waals surface area (Å²) in [7, 11) is -3.89. The lowest BCUT2D eigenvalue weighted by Crippen LogP contribution is -2.43. The van der Waals surface area contributed by atoms with Gasteiger partial charge in [-0.2, -0.15) is 17.5 Å². The molecular formula is C23H37F3N2O5S. The van der Waals surface area contributed by atoms with Gasteiger partial charge < -0.3 is 14.9 Å². The zero-order chi connectivity index (χ0) is 25.2. The fraction of sp³-hybridized carbons (Fsp3) is 0.739. The van der Waals surface area contributed by atoms with Crippen molar-refractivity contribution < 1.29 is 36.5 Å². The number of sulfonamides is 1. The molecule has 1 saturated carbocycles. The van der Waals surface area contributed by atoms with E-state index in [1.165, 1.54) is 4.31 Å². The smallest absolute Gasteiger partial charge is 0.395 e. The van der Waals surface area contributed by atoms with Gasteiger partial charge in [0.25, 0.3) is 0 Å². The van der Waals surface area contributed by atoms with Crippen LogP contribution in [0.1, 0.15) is 51.0 Å². The summed E-state index contributed by atoms with van der Waals surface area (Å²) in [6.45, 7) is 4.56. The summed E-state index contributed by atoms with van der Waals surface area (Å²) >= 11 is 0. The van der Waals surface area contributed by atoms with Crippen LogP contribution in [0.2, 0.25) is 0 Å². The Labute approximate surface area is 200 Å². The SMILES string of the molecule is CCN(C1CCC(OCCCCN(CCO)CCO)CC1)S(=O)(=O)c1ccc(C(F)(F)F)cc1. The highest BCUT2D eigenvalue weighted by Crippen LogP contribution is 2.32. The average molecular weight is 511 g/mol. The van der Waals surface area contributed by atoms with Crippen LogP contribution < -0.4 is 0 Å². The number of rotatable bonds is 14. The Morgan fingerprint density at radius 2 is 1.56 bits per heavy atom. The zero-order valence-electron chi connectivity index (χ0n) is 19.7. The Morgan fingerprint density at radius 3 is 2.06 bits per heavy atom. The number of alkyl halides is 3. The van der Waals surface area contributed by atoms with Crippen molar-refractivity contribution in [2.75, 3.05) is 46.0 Å². The Hall–Kier alpha value is -1.24. The first-order valence-electron chi connectivity index (χ1n) is 11.9.